The summed E-state index contributed by atoms with van der Waals surface area (Å²) in [4.78, 5) is 0. The second-order valence-corrected chi connectivity index (χ2v) is 6.36. The van der Waals surface area contributed by atoms with E-state index >= 15 is 0 Å². The van der Waals surface area contributed by atoms with Crippen LogP contribution in [0.3, 0.4) is 0 Å². The van der Waals surface area contributed by atoms with Crippen molar-refractivity contribution < 1.29 is 13.5 Å². The van der Waals surface area contributed by atoms with Crippen molar-refractivity contribution in [2.24, 2.45) is 5.41 Å². The molecule has 1 rings (SSSR count). The minimum absolute atomic E-state index is 0.0131. The Hall–Kier alpha value is -0.600. The van der Waals surface area contributed by atoms with Gasteiger partial charge in [0.05, 0.1) is 28.6 Å². The third kappa shape index (κ3) is 1.64. The highest BCUT2D eigenvalue weighted by Gasteiger charge is 2.53. The molecule has 0 spiro atoms. The number of rotatable bonds is 2. The van der Waals surface area contributed by atoms with Crippen LogP contribution >= 0.6 is 0 Å². The summed E-state index contributed by atoms with van der Waals surface area (Å²) in [5, 5.41) is 19.1. The molecular formula is C9H15NO3S. The van der Waals surface area contributed by atoms with Crippen LogP contribution in [0.5, 0.6) is 0 Å². The van der Waals surface area contributed by atoms with E-state index in [2.05, 4.69) is 0 Å². The Morgan fingerprint density at radius 1 is 1.64 bits per heavy atom. The van der Waals surface area contributed by atoms with Crippen LogP contribution in [0.15, 0.2) is 0 Å². The summed E-state index contributed by atoms with van der Waals surface area (Å²) in [5.74, 6) is -0.293. The molecule has 0 aliphatic carbocycles. The first-order chi connectivity index (χ1) is 6.29. The van der Waals surface area contributed by atoms with E-state index in [0.29, 0.717) is 6.42 Å². The van der Waals surface area contributed by atoms with Crippen LogP contribution in [-0.2, 0) is 9.84 Å². The first-order valence-corrected chi connectivity index (χ1v) is 6.45. The molecule has 1 aliphatic heterocycles. The molecular weight excluding hydrogens is 202 g/mol. The topological polar surface area (TPSA) is 78.2 Å². The molecule has 0 aromatic heterocycles. The van der Waals surface area contributed by atoms with Gasteiger partial charge in [0.1, 0.15) is 0 Å². The molecule has 14 heavy (non-hydrogen) atoms. The van der Waals surface area contributed by atoms with Gasteiger partial charge in [-0.3, -0.25) is 0 Å². The second kappa shape index (κ2) is 3.21. The highest BCUT2D eigenvalue weighted by molar-refractivity contribution is 7.91. The highest BCUT2D eigenvalue weighted by Crippen LogP contribution is 2.41. The van der Waals surface area contributed by atoms with Crippen molar-refractivity contribution in [1.82, 2.24) is 0 Å². The quantitative estimate of drug-likeness (QED) is 0.729. The Bertz CT molecular complexity index is 370. The zero-order valence-electron chi connectivity index (χ0n) is 8.45. The van der Waals surface area contributed by atoms with E-state index in [-0.39, 0.29) is 17.9 Å². The summed E-state index contributed by atoms with van der Waals surface area (Å²) in [6, 6.07) is 2.03. The fourth-order valence-electron chi connectivity index (χ4n) is 1.78. The molecule has 0 radical (unpaired) electrons. The van der Waals surface area contributed by atoms with Gasteiger partial charge in [-0.1, -0.05) is 6.92 Å². The minimum Gasteiger partial charge on any atom is -0.387 e. The SMILES string of the molecule is CCC(C)(C#N)C1(O)CCS(=O)(=O)C1. The van der Waals surface area contributed by atoms with Gasteiger partial charge < -0.3 is 5.11 Å². The van der Waals surface area contributed by atoms with Crippen molar-refractivity contribution in [2.45, 2.75) is 32.3 Å². The molecule has 1 saturated heterocycles. The average molecular weight is 217 g/mol. The number of aliphatic hydroxyl groups is 1. The molecule has 1 fully saturated rings. The van der Waals surface area contributed by atoms with E-state index < -0.39 is 20.9 Å². The van der Waals surface area contributed by atoms with Gasteiger partial charge in [0.15, 0.2) is 9.84 Å². The van der Waals surface area contributed by atoms with Crippen LogP contribution in [0.2, 0.25) is 0 Å². The third-order valence-corrected chi connectivity index (χ3v) is 5.01. The third-order valence-electron chi connectivity index (χ3n) is 3.27. The van der Waals surface area contributed by atoms with Crippen LogP contribution in [0.4, 0.5) is 0 Å². The zero-order valence-corrected chi connectivity index (χ0v) is 9.26. The Morgan fingerprint density at radius 3 is 2.50 bits per heavy atom. The Morgan fingerprint density at radius 2 is 2.21 bits per heavy atom. The maximum atomic E-state index is 11.3. The number of nitriles is 1. The number of hydrogen-bond acceptors (Lipinski definition) is 4. The lowest BCUT2D eigenvalue weighted by Gasteiger charge is -2.35. The van der Waals surface area contributed by atoms with Crippen LogP contribution in [0.1, 0.15) is 26.7 Å². The van der Waals surface area contributed by atoms with E-state index in [1.807, 2.05) is 6.07 Å². The molecule has 5 heteroatoms. The lowest BCUT2D eigenvalue weighted by Crippen LogP contribution is -2.46. The summed E-state index contributed by atoms with van der Waals surface area (Å²) >= 11 is 0. The lowest BCUT2D eigenvalue weighted by molar-refractivity contribution is -0.0252. The molecule has 2 unspecified atom stereocenters. The predicted octanol–water partition coefficient (Wildman–Crippen LogP) is 0.476. The molecule has 0 saturated carbocycles. The molecule has 0 aromatic rings. The molecule has 4 nitrogen and oxygen atoms in total. The number of hydrogen-bond donors (Lipinski definition) is 1. The molecule has 2 atom stereocenters. The second-order valence-electron chi connectivity index (χ2n) is 4.17. The number of nitrogens with zero attached hydrogens (tertiary/aromatic N) is 1. The van der Waals surface area contributed by atoms with Crippen molar-refractivity contribution >= 4 is 9.84 Å². The van der Waals surface area contributed by atoms with Gasteiger partial charge >= 0.3 is 0 Å². The Kier molecular flexibility index (Phi) is 2.63. The van der Waals surface area contributed by atoms with E-state index in [9.17, 15) is 13.5 Å². The van der Waals surface area contributed by atoms with E-state index in [0.717, 1.165) is 0 Å². The van der Waals surface area contributed by atoms with E-state index in [1.165, 1.54) is 0 Å². The predicted molar refractivity (Wildman–Crippen MR) is 52.2 cm³/mol. The van der Waals surface area contributed by atoms with Gasteiger partial charge in [-0.05, 0) is 19.8 Å². The van der Waals surface area contributed by atoms with Gasteiger partial charge in [0.2, 0.25) is 0 Å². The molecule has 1 heterocycles. The van der Waals surface area contributed by atoms with Gasteiger partial charge in [0.25, 0.3) is 0 Å². The molecule has 0 bridgehead atoms. The van der Waals surface area contributed by atoms with E-state index in [1.54, 1.807) is 13.8 Å². The highest BCUT2D eigenvalue weighted by atomic mass is 32.2. The maximum Gasteiger partial charge on any atom is 0.153 e. The van der Waals surface area contributed by atoms with Gasteiger partial charge in [-0.2, -0.15) is 5.26 Å². The maximum absolute atomic E-state index is 11.3. The van der Waals surface area contributed by atoms with Crippen molar-refractivity contribution in [3.05, 3.63) is 0 Å². The van der Waals surface area contributed by atoms with Crippen LogP contribution in [0, 0.1) is 16.7 Å². The zero-order chi connectivity index (χ0) is 11.0. The minimum atomic E-state index is -3.16. The van der Waals surface area contributed by atoms with Crippen LogP contribution in [-0.4, -0.2) is 30.6 Å². The van der Waals surface area contributed by atoms with Gasteiger partial charge in [-0.15, -0.1) is 0 Å². The van der Waals surface area contributed by atoms with Crippen molar-refractivity contribution in [3.8, 4) is 6.07 Å². The molecule has 80 valence electrons. The summed E-state index contributed by atoms with van der Waals surface area (Å²) in [6.07, 6.45) is 0.628. The van der Waals surface area contributed by atoms with Crippen LogP contribution in [0.25, 0.3) is 0 Å². The van der Waals surface area contributed by atoms with Crippen molar-refractivity contribution in [2.75, 3.05) is 11.5 Å². The Labute approximate surface area is 84.5 Å². The summed E-state index contributed by atoms with van der Waals surface area (Å²) in [5.41, 5.74) is -2.33. The molecule has 1 N–H and O–H groups in total. The normalized spacial score (nSPS) is 34.7. The average Bonchev–Trinajstić information content (AvgIpc) is 2.40. The fraction of sp³-hybridized carbons (Fsp3) is 0.889. The first-order valence-electron chi connectivity index (χ1n) is 4.63. The summed E-state index contributed by atoms with van der Waals surface area (Å²) in [7, 11) is -3.16. The van der Waals surface area contributed by atoms with Crippen molar-refractivity contribution in [3.63, 3.8) is 0 Å². The standard InChI is InChI=1S/C9H15NO3S/c1-3-8(2,6-10)9(11)4-5-14(12,13)7-9/h11H,3-5,7H2,1-2H3. The first kappa shape index (κ1) is 11.5. The Balaban J connectivity index is 3.05. The monoisotopic (exact) mass is 217 g/mol. The van der Waals surface area contributed by atoms with Gasteiger partial charge in [-0.25, -0.2) is 8.42 Å². The number of sulfone groups is 1. The molecule has 1 aliphatic rings. The molecule has 0 aromatic carbocycles. The lowest BCUT2D eigenvalue weighted by atomic mass is 9.72. The van der Waals surface area contributed by atoms with Gasteiger partial charge in [0, 0.05) is 0 Å². The smallest absolute Gasteiger partial charge is 0.153 e. The van der Waals surface area contributed by atoms with E-state index in [4.69, 9.17) is 5.26 Å². The van der Waals surface area contributed by atoms with Crippen LogP contribution < -0.4 is 0 Å². The van der Waals surface area contributed by atoms with Crippen molar-refractivity contribution in [1.29, 1.82) is 5.26 Å². The summed E-state index contributed by atoms with van der Waals surface area (Å²) in [6.45, 7) is 3.40. The fourth-order valence-corrected chi connectivity index (χ4v) is 3.76. The molecule has 0 amide bonds. The summed E-state index contributed by atoms with van der Waals surface area (Å²) < 4.78 is 22.5. The largest absolute Gasteiger partial charge is 0.387 e.